The number of aliphatic carboxylic acids is 1. The molecule has 0 unspecified atom stereocenters. The summed E-state index contributed by atoms with van der Waals surface area (Å²) in [5.41, 5.74) is 2.95. The number of hydrogen-bond donors (Lipinski definition) is 4. The van der Waals surface area contributed by atoms with Crippen molar-refractivity contribution in [3.05, 3.63) is 77.9 Å². The molecule has 1 heterocycles. The van der Waals surface area contributed by atoms with Crippen LogP contribution in [0.25, 0.3) is 0 Å². The standard InChI is InChI=1S/C31H35N3O7S/c1-3-4-8-23(41-31(38)34-26(17-29(35)36)21-10-15-27-28(16-21)40-19-39-27)18-42-24-13-11-22(12-14-24)32-30(37)33-25-9-6-5-7-20(25)2/h5-7,9-16,23,26H,3-4,8,17-19H2,1-2H3,(H,34,38)(H,35,36)(H2,32,33,37)/t23-,26-/m0/s1. The zero-order valence-corrected chi connectivity index (χ0v) is 24.4. The van der Waals surface area contributed by atoms with Crippen LogP contribution in [-0.2, 0) is 9.53 Å². The van der Waals surface area contributed by atoms with E-state index in [4.69, 9.17) is 14.2 Å². The number of rotatable bonds is 13. The number of carbonyl (C=O) groups excluding carboxylic acids is 2. The van der Waals surface area contributed by atoms with E-state index in [0.717, 1.165) is 29.0 Å². The van der Waals surface area contributed by atoms with Crippen molar-refractivity contribution in [3.63, 3.8) is 0 Å². The fourth-order valence-corrected chi connectivity index (χ4v) is 5.26. The minimum Gasteiger partial charge on any atom is -0.481 e. The highest BCUT2D eigenvalue weighted by molar-refractivity contribution is 7.99. The number of carboxylic acid groups (broad SMARTS) is 1. The largest absolute Gasteiger partial charge is 0.481 e. The van der Waals surface area contributed by atoms with E-state index in [1.165, 1.54) is 11.8 Å². The Hall–Kier alpha value is -4.38. The fraction of sp³-hybridized carbons (Fsp3) is 0.323. The van der Waals surface area contributed by atoms with Gasteiger partial charge in [-0.25, -0.2) is 9.59 Å². The van der Waals surface area contributed by atoms with Gasteiger partial charge in [0, 0.05) is 22.0 Å². The van der Waals surface area contributed by atoms with Gasteiger partial charge in [-0.3, -0.25) is 4.79 Å². The molecule has 1 aliphatic heterocycles. The molecule has 0 spiro atoms. The average Bonchev–Trinajstić information content (AvgIpc) is 3.44. The first kappa shape index (κ1) is 30.6. The summed E-state index contributed by atoms with van der Waals surface area (Å²) in [6.45, 7) is 4.08. The van der Waals surface area contributed by atoms with E-state index in [2.05, 4.69) is 22.9 Å². The number of benzene rings is 3. The number of nitrogens with one attached hydrogen (secondary N) is 3. The van der Waals surface area contributed by atoms with E-state index in [0.29, 0.717) is 34.9 Å². The van der Waals surface area contributed by atoms with Gasteiger partial charge >= 0.3 is 18.1 Å². The number of carboxylic acids is 1. The average molecular weight is 594 g/mol. The van der Waals surface area contributed by atoms with Crippen molar-refractivity contribution in [3.8, 4) is 11.5 Å². The predicted molar refractivity (Wildman–Crippen MR) is 161 cm³/mol. The number of urea groups is 1. The Morgan fingerprint density at radius 1 is 1.00 bits per heavy atom. The van der Waals surface area contributed by atoms with Gasteiger partial charge in [0.25, 0.3) is 0 Å². The fourth-order valence-electron chi connectivity index (χ4n) is 4.31. The Morgan fingerprint density at radius 2 is 1.76 bits per heavy atom. The molecule has 4 N–H and O–H groups in total. The minimum absolute atomic E-state index is 0.0944. The monoisotopic (exact) mass is 593 g/mol. The maximum atomic E-state index is 12.9. The van der Waals surface area contributed by atoms with Crippen LogP contribution in [0, 0.1) is 6.92 Å². The second-order valence-electron chi connectivity index (χ2n) is 9.81. The number of amides is 3. The number of thioether (sulfide) groups is 1. The van der Waals surface area contributed by atoms with Crippen molar-refractivity contribution < 1.29 is 33.7 Å². The van der Waals surface area contributed by atoms with Gasteiger partial charge in [0.2, 0.25) is 6.79 Å². The molecule has 0 saturated carbocycles. The zero-order chi connectivity index (χ0) is 29.9. The third-order valence-corrected chi connectivity index (χ3v) is 7.71. The van der Waals surface area contributed by atoms with Gasteiger partial charge in [0.05, 0.1) is 12.5 Å². The predicted octanol–water partition coefficient (Wildman–Crippen LogP) is 6.96. The molecule has 0 aromatic heterocycles. The Bertz CT molecular complexity index is 1380. The van der Waals surface area contributed by atoms with Gasteiger partial charge in [0.15, 0.2) is 11.5 Å². The lowest BCUT2D eigenvalue weighted by molar-refractivity contribution is -0.137. The number of alkyl carbamates (subject to hydrolysis) is 1. The number of fused-ring (bicyclic) bond motifs is 1. The molecule has 11 heteroatoms. The summed E-state index contributed by atoms with van der Waals surface area (Å²) in [6.07, 6.45) is 1.11. The number of anilines is 2. The molecule has 3 aromatic rings. The van der Waals surface area contributed by atoms with Gasteiger partial charge in [-0.15, -0.1) is 11.8 Å². The number of para-hydroxylation sites is 1. The summed E-state index contributed by atoms with van der Waals surface area (Å²) in [5, 5.41) is 17.8. The molecule has 0 saturated heterocycles. The van der Waals surface area contributed by atoms with E-state index < -0.39 is 18.1 Å². The van der Waals surface area contributed by atoms with Crippen molar-refractivity contribution in [2.75, 3.05) is 23.2 Å². The van der Waals surface area contributed by atoms with Crippen molar-refractivity contribution in [2.24, 2.45) is 0 Å². The number of hydrogen-bond acceptors (Lipinski definition) is 7. The number of ether oxygens (including phenoxy) is 3. The molecule has 0 fully saturated rings. The van der Waals surface area contributed by atoms with Gasteiger partial charge < -0.3 is 35.3 Å². The molecular formula is C31H35N3O7S. The van der Waals surface area contributed by atoms with E-state index in [9.17, 15) is 19.5 Å². The third kappa shape index (κ3) is 9.07. The summed E-state index contributed by atoms with van der Waals surface area (Å²) in [5.74, 6) is 0.535. The lowest BCUT2D eigenvalue weighted by Gasteiger charge is -2.22. The van der Waals surface area contributed by atoms with Crippen LogP contribution in [-0.4, -0.2) is 41.8 Å². The Kier molecular flexibility index (Phi) is 10.9. The zero-order valence-electron chi connectivity index (χ0n) is 23.6. The molecule has 10 nitrogen and oxygen atoms in total. The van der Waals surface area contributed by atoms with Crippen LogP contribution in [0.4, 0.5) is 21.0 Å². The summed E-state index contributed by atoms with van der Waals surface area (Å²) in [7, 11) is 0. The summed E-state index contributed by atoms with van der Waals surface area (Å²) in [6, 6.07) is 18.9. The van der Waals surface area contributed by atoms with E-state index in [1.54, 1.807) is 18.2 Å². The number of aryl methyl sites for hydroxylation is 1. The summed E-state index contributed by atoms with van der Waals surface area (Å²) < 4.78 is 16.5. The van der Waals surface area contributed by atoms with Crippen LogP contribution in [0.3, 0.4) is 0 Å². The topological polar surface area (TPSA) is 135 Å². The van der Waals surface area contributed by atoms with Crippen molar-refractivity contribution in [1.82, 2.24) is 5.32 Å². The smallest absolute Gasteiger partial charge is 0.407 e. The maximum Gasteiger partial charge on any atom is 0.407 e. The second kappa shape index (κ2) is 15.0. The van der Waals surface area contributed by atoms with Gasteiger partial charge in [0.1, 0.15) is 6.10 Å². The first-order valence-corrected chi connectivity index (χ1v) is 14.7. The van der Waals surface area contributed by atoms with Crippen LogP contribution >= 0.6 is 11.8 Å². The summed E-state index contributed by atoms with van der Waals surface area (Å²) >= 11 is 1.53. The Balaban J connectivity index is 1.31. The third-order valence-electron chi connectivity index (χ3n) is 6.56. The first-order valence-electron chi connectivity index (χ1n) is 13.8. The van der Waals surface area contributed by atoms with Crippen molar-refractivity contribution in [1.29, 1.82) is 0 Å². The molecule has 1 aliphatic rings. The van der Waals surface area contributed by atoms with Crippen molar-refractivity contribution >= 4 is 41.2 Å². The highest BCUT2D eigenvalue weighted by Gasteiger charge is 2.24. The maximum absolute atomic E-state index is 12.9. The SMILES string of the molecule is CCCC[C@@H](CSc1ccc(NC(=O)Nc2ccccc2C)cc1)OC(=O)N[C@@H](CC(=O)O)c1ccc2c(c1)OCO2. The molecule has 222 valence electrons. The molecule has 3 amide bonds. The highest BCUT2D eigenvalue weighted by atomic mass is 32.2. The highest BCUT2D eigenvalue weighted by Crippen LogP contribution is 2.35. The van der Waals surface area contributed by atoms with Gasteiger partial charge in [-0.1, -0.05) is 44.0 Å². The number of unbranched alkanes of at least 4 members (excludes halogenated alkanes) is 1. The van der Waals surface area contributed by atoms with Gasteiger partial charge in [-0.05, 0) is 66.9 Å². The van der Waals surface area contributed by atoms with Crippen LogP contribution in [0.15, 0.2) is 71.6 Å². The van der Waals surface area contributed by atoms with Gasteiger partial charge in [-0.2, -0.15) is 0 Å². The normalized spacial score (nSPS) is 13.1. The Labute approximate surface area is 249 Å². The van der Waals surface area contributed by atoms with Crippen LogP contribution in [0.5, 0.6) is 11.5 Å². The lowest BCUT2D eigenvalue weighted by Crippen LogP contribution is -2.34. The molecule has 0 bridgehead atoms. The molecule has 4 rings (SSSR count). The van der Waals surface area contributed by atoms with Crippen molar-refractivity contribution in [2.45, 2.75) is 56.6 Å². The number of carbonyl (C=O) groups is 3. The lowest BCUT2D eigenvalue weighted by atomic mass is 10.0. The molecule has 3 aromatic carbocycles. The van der Waals surface area contributed by atoms with E-state index in [1.807, 2.05) is 55.5 Å². The molecule has 42 heavy (non-hydrogen) atoms. The molecular weight excluding hydrogens is 558 g/mol. The Morgan fingerprint density at radius 3 is 2.50 bits per heavy atom. The van der Waals surface area contributed by atoms with E-state index in [-0.39, 0.29) is 25.3 Å². The quantitative estimate of drug-likeness (QED) is 0.156. The van der Waals surface area contributed by atoms with Crippen LogP contribution < -0.4 is 25.4 Å². The first-order chi connectivity index (χ1) is 20.3. The molecule has 0 aliphatic carbocycles. The minimum atomic E-state index is -1.05. The second-order valence-corrected chi connectivity index (χ2v) is 10.9. The molecule has 0 radical (unpaired) electrons. The summed E-state index contributed by atoms with van der Waals surface area (Å²) in [4.78, 5) is 37.8. The van der Waals surface area contributed by atoms with Crippen LogP contribution in [0.1, 0.15) is 49.8 Å². The molecule has 2 atom stereocenters. The van der Waals surface area contributed by atoms with E-state index >= 15 is 0 Å². The van der Waals surface area contributed by atoms with Crippen LogP contribution in [0.2, 0.25) is 0 Å².